The average Bonchev–Trinajstić information content (AvgIpc) is 2.99. The van der Waals surface area contributed by atoms with Crippen LogP contribution in [0.4, 0.5) is 13.2 Å². The summed E-state index contributed by atoms with van der Waals surface area (Å²) in [5.74, 6) is 0. The predicted molar refractivity (Wildman–Crippen MR) is 92.6 cm³/mol. The molecule has 1 N–H and O–H groups in total. The fraction of sp³-hybridized carbons (Fsp3) is 0.118. The maximum atomic E-state index is 13.4. The van der Waals surface area contributed by atoms with Gasteiger partial charge < -0.3 is 0 Å². The van der Waals surface area contributed by atoms with E-state index in [-0.39, 0.29) is 26.7 Å². The number of benzene rings is 2. The lowest BCUT2D eigenvalue weighted by molar-refractivity contribution is -0.140. The van der Waals surface area contributed by atoms with Crippen molar-refractivity contribution in [2.75, 3.05) is 6.26 Å². The molecule has 9 heteroatoms. The summed E-state index contributed by atoms with van der Waals surface area (Å²) in [5, 5.41) is 5.99. The van der Waals surface area contributed by atoms with E-state index in [0.29, 0.717) is 5.56 Å². The molecule has 2 aromatic carbocycles. The second kappa shape index (κ2) is 6.44. The molecule has 0 aliphatic rings. The van der Waals surface area contributed by atoms with Crippen LogP contribution in [0, 0.1) is 0 Å². The number of nitrogens with zero attached hydrogens (tertiary/aromatic N) is 1. The molecular formula is C17H12ClF3N2O2S. The van der Waals surface area contributed by atoms with Crippen molar-refractivity contribution in [1.82, 2.24) is 10.2 Å². The van der Waals surface area contributed by atoms with Gasteiger partial charge in [-0.1, -0.05) is 41.9 Å². The zero-order valence-electron chi connectivity index (χ0n) is 13.3. The summed E-state index contributed by atoms with van der Waals surface area (Å²) in [6.45, 7) is 0. The molecule has 3 aromatic rings. The van der Waals surface area contributed by atoms with Crippen LogP contribution < -0.4 is 0 Å². The molecule has 136 valence electrons. The highest BCUT2D eigenvalue weighted by atomic mass is 35.5. The topological polar surface area (TPSA) is 62.8 Å². The number of aromatic nitrogens is 2. The first-order valence-electron chi connectivity index (χ1n) is 7.30. The minimum Gasteiger partial charge on any atom is -0.272 e. The molecule has 0 atom stereocenters. The van der Waals surface area contributed by atoms with Crippen LogP contribution in [0.15, 0.2) is 53.4 Å². The molecule has 0 saturated heterocycles. The molecule has 3 rings (SSSR count). The maximum absolute atomic E-state index is 13.4. The molecule has 1 aromatic heterocycles. The fourth-order valence-corrected chi connectivity index (χ4v) is 3.40. The van der Waals surface area contributed by atoms with E-state index in [1.807, 2.05) is 5.10 Å². The standard InChI is InChI=1S/C17H12ClF3N2O2S/c1-26(24,25)11-8-6-10(7-9-11)15-14(12-4-2-3-5-13(12)18)16(23-22-15)17(19,20)21/h2-9H,1H3,(H,22,23). The Morgan fingerprint density at radius 1 is 1.04 bits per heavy atom. The normalized spacial score (nSPS) is 12.3. The van der Waals surface area contributed by atoms with Gasteiger partial charge in [-0.3, -0.25) is 5.10 Å². The Labute approximate surface area is 152 Å². The van der Waals surface area contributed by atoms with Crippen molar-refractivity contribution in [1.29, 1.82) is 0 Å². The summed E-state index contributed by atoms with van der Waals surface area (Å²) >= 11 is 6.09. The van der Waals surface area contributed by atoms with Gasteiger partial charge in [-0.15, -0.1) is 0 Å². The van der Waals surface area contributed by atoms with Gasteiger partial charge in [0.15, 0.2) is 9.84 Å². The van der Waals surface area contributed by atoms with Crippen LogP contribution >= 0.6 is 11.6 Å². The Morgan fingerprint density at radius 2 is 1.65 bits per heavy atom. The second-order valence-electron chi connectivity index (χ2n) is 5.60. The summed E-state index contributed by atoms with van der Waals surface area (Å²) in [7, 11) is -3.42. The van der Waals surface area contributed by atoms with Gasteiger partial charge in [-0.2, -0.15) is 18.3 Å². The Hall–Kier alpha value is -2.32. The number of nitrogens with one attached hydrogen (secondary N) is 1. The number of alkyl halides is 3. The molecule has 0 unspecified atom stereocenters. The Bertz CT molecular complexity index is 1060. The van der Waals surface area contributed by atoms with Crippen molar-refractivity contribution in [3.05, 3.63) is 59.2 Å². The largest absolute Gasteiger partial charge is 0.433 e. The smallest absolute Gasteiger partial charge is 0.272 e. The summed E-state index contributed by atoms with van der Waals surface area (Å²) in [6, 6.07) is 11.6. The number of sulfone groups is 1. The van der Waals surface area contributed by atoms with Gasteiger partial charge in [0.25, 0.3) is 0 Å². The third kappa shape index (κ3) is 3.47. The summed E-state index contributed by atoms with van der Waals surface area (Å²) in [6.07, 6.45) is -3.61. The average molecular weight is 401 g/mol. The molecule has 26 heavy (non-hydrogen) atoms. The summed E-state index contributed by atoms with van der Waals surface area (Å²) in [5.41, 5.74) is -0.662. The van der Waals surface area contributed by atoms with Crippen LogP contribution in [0.25, 0.3) is 22.4 Å². The third-order valence-electron chi connectivity index (χ3n) is 3.75. The van der Waals surface area contributed by atoms with Crippen molar-refractivity contribution in [2.45, 2.75) is 11.1 Å². The summed E-state index contributed by atoms with van der Waals surface area (Å²) in [4.78, 5) is 0.0622. The minimum absolute atomic E-state index is 0.0328. The van der Waals surface area contributed by atoms with Gasteiger partial charge in [0.05, 0.1) is 4.90 Å². The van der Waals surface area contributed by atoms with Crippen LogP contribution in [0.2, 0.25) is 5.02 Å². The monoisotopic (exact) mass is 400 g/mol. The van der Waals surface area contributed by atoms with Gasteiger partial charge in [-0.25, -0.2) is 8.42 Å². The highest BCUT2D eigenvalue weighted by Gasteiger charge is 2.38. The van der Waals surface area contributed by atoms with Crippen molar-refractivity contribution in [3.63, 3.8) is 0 Å². The molecule has 0 radical (unpaired) electrons. The van der Waals surface area contributed by atoms with Crippen molar-refractivity contribution in [2.24, 2.45) is 0 Å². The Kier molecular flexibility index (Phi) is 4.58. The van der Waals surface area contributed by atoms with Crippen LogP contribution in [-0.2, 0) is 16.0 Å². The number of H-pyrrole nitrogens is 1. The number of hydrogen-bond donors (Lipinski definition) is 1. The number of halogens is 4. The SMILES string of the molecule is CS(=O)(=O)c1ccc(-c2n[nH]c(C(F)(F)F)c2-c2ccccc2Cl)cc1. The second-order valence-corrected chi connectivity index (χ2v) is 8.02. The quantitative estimate of drug-likeness (QED) is 0.685. The van der Waals surface area contributed by atoms with E-state index in [1.165, 1.54) is 36.4 Å². The van der Waals surface area contributed by atoms with Crippen LogP contribution in [0.1, 0.15) is 5.69 Å². The number of rotatable bonds is 3. The maximum Gasteiger partial charge on any atom is 0.433 e. The van der Waals surface area contributed by atoms with E-state index in [9.17, 15) is 21.6 Å². The molecule has 0 fully saturated rings. The van der Waals surface area contributed by atoms with Crippen molar-refractivity contribution >= 4 is 21.4 Å². The Morgan fingerprint density at radius 3 is 2.19 bits per heavy atom. The van der Waals surface area contributed by atoms with Gasteiger partial charge >= 0.3 is 6.18 Å². The van der Waals surface area contributed by atoms with E-state index in [0.717, 1.165) is 6.26 Å². The molecular weight excluding hydrogens is 389 g/mol. The minimum atomic E-state index is -4.66. The first-order chi connectivity index (χ1) is 12.1. The summed E-state index contributed by atoms with van der Waals surface area (Å²) < 4.78 is 63.4. The molecule has 0 saturated carbocycles. The number of aromatic amines is 1. The first kappa shape index (κ1) is 18.5. The molecule has 0 bridgehead atoms. The van der Waals surface area contributed by atoms with E-state index >= 15 is 0 Å². The van der Waals surface area contributed by atoms with Crippen molar-refractivity contribution in [3.8, 4) is 22.4 Å². The molecule has 0 aliphatic heterocycles. The number of hydrogen-bond acceptors (Lipinski definition) is 3. The van der Waals surface area contributed by atoms with E-state index < -0.39 is 21.7 Å². The van der Waals surface area contributed by atoms with E-state index in [2.05, 4.69) is 5.10 Å². The van der Waals surface area contributed by atoms with Crippen LogP contribution in [0.5, 0.6) is 0 Å². The van der Waals surface area contributed by atoms with Crippen molar-refractivity contribution < 1.29 is 21.6 Å². The van der Waals surface area contributed by atoms with Gasteiger partial charge in [0, 0.05) is 28.0 Å². The highest BCUT2D eigenvalue weighted by molar-refractivity contribution is 7.90. The molecule has 0 aliphatic carbocycles. The zero-order valence-corrected chi connectivity index (χ0v) is 14.9. The van der Waals surface area contributed by atoms with E-state index in [4.69, 9.17) is 11.6 Å². The van der Waals surface area contributed by atoms with Gasteiger partial charge in [-0.05, 0) is 18.2 Å². The first-order valence-corrected chi connectivity index (χ1v) is 9.57. The lowest BCUT2D eigenvalue weighted by Crippen LogP contribution is -2.07. The lowest BCUT2D eigenvalue weighted by atomic mass is 9.98. The third-order valence-corrected chi connectivity index (χ3v) is 5.21. The fourth-order valence-electron chi connectivity index (χ4n) is 2.54. The van der Waals surface area contributed by atoms with Crippen LogP contribution in [-0.4, -0.2) is 24.9 Å². The predicted octanol–water partition coefficient (Wildman–Crippen LogP) is 4.82. The zero-order chi connectivity index (χ0) is 19.1. The molecule has 1 heterocycles. The molecule has 0 spiro atoms. The van der Waals surface area contributed by atoms with Crippen LogP contribution in [0.3, 0.4) is 0 Å². The Balaban J connectivity index is 2.23. The molecule has 4 nitrogen and oxygen atoms in total. The van der Waals surface area contributed by atoms with E-state index in [1.54, 1.807) is 12.1 Å². The molecule has 0 amide bonds. The lowest BCUT2D eigenvalue weighted by Gasteiger charge is -2.11. The highest BCUT2D eigenvalue weighted by Crippen LogP contribution is 2.43. The van der Waals surface area contributed by atoms with Gasteiger partial charge in [0.2, 0.25) is 0 Å². The van der Waals surface area contributed by atoms with Gasteiger partial charge in [0.1, 0.15) is 11.4 Å².